The minimum atomic E-state index is -0.523. The summed E-state index contributed by atoms with van der Waals surface area (Å²) in [5.74, 6) is 0. The minimum Gasteiger partial charge on any atom is -0.314 e. The van der Waals surface area contributed by atoms with Crippen molar-refractivity contribution >= 4 is 45.4 Å². The average Bonchev–Trinajstić information content (AvgIpc) is 4.28. The van der Waals surface area contributed by atoms with Crippen LogP contribution < -0.4 is 9.80 Å². The molecule has 0 N–H and O–H groups in total. The van der Waals surface area contributed by atoms with Gasteiger partial charge >= 0.3 is 0 Å². The van der Waals surface area contributed by atoms with Gasteiger partial charge in [0, 0.05) is 61.9 Å². The molecule has 3 nitrogen and oxygen atoms in total. The topological polar surface area (TPSA) is 11.4 Å². The third-order valence-electron chi connectivity index (χ3n) is 17.1. The predicted octanol–water partition coefficient (Wildman–Crippen LogP) is 19.2. The van der Waals surface area contributed by atoms with Crippen molar-refractivity contribution in [2.75, 3.05) is 9.80 Å². The second-order valence-electron chi connectivity index (χ2n) is 22.8. The Hall–Kier alpha value is -8.92. The monoisotopic (exact) mass is 991 g/mol. The highest BCUT2D eigenvalue weighted by molar-refractivity contribution is 5.97. The second-order valence-corrected chi connectivity index (χ2v) is 22.8. The Morgan fingerprint density at radius 2 is 0.896 bits per heavy atom. The maximum Gasteiger partial charge on any atom is 0.0713 e. The number of para-hydroxylation sites is 2. The largest absolute Gasteiger partial charge is 0.314 e. The number of hydrogen-bond donors (Lipinski definition) is 0. The summed E-state index contributed by atoms with van der Waals surface area (Å²) in [6, 6.07) is 93.0. The fraction of sp³-hybridized carbons (Fsp3) is 0.135. The van der Waals surface area contributed by atoms with Gasteiger partial charge in [0.15, 0.2) is 0 Å². The number of anilines is 5. The van der Waals surface area contributed by atoms with Gasteiger partial charge < -0.3 is 14.4 Å². The van der Waals surface area contributed by atoms with Gasteiger partial charge in [-0.3, -0.25) is 0 Å². The minimum absolute atomic E-state index is 0.0410. The van der Waals surface area contributed by atoms with Crippen molar-refractivity contribution in [3.63, 3.8) is 0 Å². The van der Waals surface area contributed by atoms with Crippen LogP contribution >= 0.6 is 0 Å². The van der Waals surface area contributed by atoms with Crippen molar-refractivity contribution in [1.82, 2.24) is 4.57 Å². The molecule has 0 unspecified atom stereocenters. The van der Waals surface area contributed by atoms with Crippen LogP contribution in [0.2, 0.25) is 0 Å². The van der Waals surface area contributed by atoms with Crippen molar-refractivity contribution in [1.29, 1.82) is 0 Å². The van der Waals surface area contributed by atoms with Crippen LogP contribution in [0.4, 0.5) is 28.4 Å². The molecule has 0 spiro atoms. The Balaban J connectivity index is 0.964. The molecule has 0 atom stereocenters. The number of rotatable bonds is 9. The van der Waals surface area contributed by atoms with Crippen LogP contribution in [0.1, 0.15) is 91.2 Å². The summed E-state index contributed by atoms with van der Waals surface area (Å²) in [5, 5.41) is 1.25. The Bertz CT molecular complexity index is 3990. The van der Waals surface area contributed by atoms with Gasteiger partial charge in [0.05, 0.1) is 10.9 Å². The number of nitrogens with zero attached hydrogens (tertiary/aromatic N) is 3. The Morgan fingerprint density at radius 1 is 0.403 bits per heavy atom. The lowest BCUT2D eigenvalue weighted by atomic mass is 9.67. The summed E-state index contributed by atoms with van der Waals surface area (Å²) >= 11 is 0. The highest BCUT2D eigenvalue weighted by Gasteiger charge is 2.46. The Kier molecular flexibility index (Phi) is 10.8. The molecule has 0 amide bonds. The van der Waals surface area contributed by atoms with E-state index in [9.17, 15) is 0 Å². The van der Waals surface area contributed by atoms with Crippen LogP contribution in [0.15, 0.2) is 254 Å². The summed E-state index contributed by atoms with van der Waals surface area (Å²) in [5.41, 5.74) is 25.8. The molecular weight excluding hydrogens is 931 g/mol. The highest BCUT2D eigenvalue weighted by atomic mass is 15.2. The molecule has 3 heteroatoms. The number of hydrogen-bond acceptors (Lipinski definition) is 2. The molecule has 3 aliphatic carbocycles. The fourth-order valence-corrected chi connectivity index (χ4v) is 13.5. The van der Waals surface area contributed by atoms with Gasteiger partial charge in [-0.05, 0) is 170 Å². The molecule has 10 aromatic carbocycles. The maximum absolute atomic E-state index is 2.56. The molecule has 0 saturated carbocycles. The molecule has 0 radical (unpaired) electrons. The number of benzene rings is 10. The van der Waals surface area contributed by atoms with Crippen LogP contribution in [-0.4, -0.2) is 4.57 Å². The third kappa shape index (κ3) is 7.31. The third-order valence-corrected chi connectivity index (χ3v) is 17.1. The van der Waals surface area contributed by atoms with Crippen LogP contribution in [0.25, 0.3) is 44.9 Å². The summed E-state index contributed by atoms with van der Waals surface area (Å²) in [6.07, 6.45) is 4.25. The Morgan fingerprint density at radius 3 is 1.49 bits per heavy atom. The number of allylic oxidation sites excluding steroid dienone is 1. The van der Waals surface area contributed by atoms with Gasteiger partial charge in [-0.1, -0.05) is 198 Å². The zero-order chi connectivity index (χ0) is 52.0. The molecule has 3 aliphatic rings. The van der Waals surface area contributed by atoms with Gasteiger partial charge in [0.2, 0.25) is 0 Å². The van der Waals surface area contributed by atoms with Gasteiger partial charge in [-0.15, -0.1) is 0 Å². The molecule has 0 saturated heterocycles. The van der Waals surface area contributed by atoms with Crippen LogP contribution in [-0.2, 0) is 22.7 Å². The van der Waals surface area contributed by atoms with Gasteiger partial charge in [0.1, 0.15) is 0 Å². The van der Waals surface area contributed by atoms with Crippen LogP contribution in [0.3, 0.4) is 0 Å². The van der Waals surface area contributed by atoms with Crippen LogP contribution in [0.5, 0.6) is 0 Å². The van der Waals surface area contributed by atoms with Crippen molar-refractivity contribution in [3.8, 4) is 27.9 Å². The van der Waals surface area contributed by atoms with E-state index in [0.717, 1.165) is 47.0 Å². The van der Waals surface area contributed by atoms with E-state index in [1.54, 1.807) is 0 Å². The summed E-state index contributed by atoms with van der Waals surface area (Å²) in [6.45, 7) is 11.6. The average molecular weight is 992 g/mol. The first-order valence-electron chi connectivity index (χ1n) is 27.4. The lowest BCUT2D eigenvalue weighted by Crippen LogP contribution is -2.28. The lowest BCUT2D eigenvalue weighted by Gasteiger charge is -2.34. The summed E-state index contributed by atoms with van der Waals surface area (Å²) < 4.78 is 2.56. The molecule has 0 aliphatic heterocycles. The fourth-order valence-electron chi connectivity index (χ4n) is 13.5. The summed E-state index contributed by atoms with van der Waals surface area (Å²) in [7, 11) is 0. The van der Waals surface area contributed by atoms with E-state index in [1.807, 2.05) is 0 Å². The first-order chi connectivity index (χ1) is 37.6. The van der Waals surface area contributed by atoms with E-state index in [4.69, 9.17) is 0 Å². The van der Waals surface area contributed by atoms with E-state index < -0.39 is 5.41 Å². The SMILES string of the molecule is CC(C)(C)c1ccc(N(c2ccc(-n3c4c(c5cc(C6(c7ccccc7)c7ccccc7-c7ccccc76)ccc53)C=C(N(c3ccccc3)c3ccccc3)CC4)cc2)c2ccc3c(c2)C(C)(C)c2ccccc2-3)cc1. The molecule has 1 heterocycles. The van der Waals surface area contributed by atoms with Crippen molar-refractivity contribution in [2.24, 2.45) is 0 Å². The number of fused-ring (bicyclic) bond motifs is 9. The lowest BCUT2D eigenvalue weighted by molar-refractivity contribution is 0.590. The maximum atomic E-state index is 2.56. The molecule has 11 aromatic rings. The van der Waals surface area contributed by atoms with Crippen molar-refractivity contribution in [2.45, 2.75) is 63.7 Å². The smallest absolute Gasteiger partial charge is 0.0713 e. The van der Waals surface area contributed by atoms with E-state index >= 15 is 0 Å². The molecule has 14 rings (SSSR count). The first-order valence-corrected chi connectivity index (χ1v) is 27.4. The zero-order valence-corrected chi connectivity index (χ0v) is 44.5. The molecule has 77 heavy (non-hydrogen) atoms. The first kappa shape index (κ1) is 46.6. The van der Waals surface area contributed by atoms with E-state index in [1.165, 1.54) is 89.1 Å². The second kappa shape index (κ2) is 17.9. The van der Waals surface area contributed by atoms with Crippen LogP contribution in [0, 0.1) is 0 Å². The molecule has 0 fully saturated rings. The number of aromatic nitrogens is 1. The van der Waals surface area contributed by atoms with E-state index in [0.29, 0.717) is 0 Å². The normalized spacial score (nSPS) is 14.5. The van der Waals surface area contributed by atoms with Gasteiger partial charge in [-0.2, -0.15) is 0 Å². The molecule has 0 bridgehead atoms. The summed E-state index contributed by atoms with van der Waals surface area (Å²) in [4.78, 5) is 4.91. The van der Waals surface area contributed by atoms with Gasteiger partial charge in [-0.25, -0.2) is 0 Å². The van der Waals surface area contributed by atoms with Crippen molar-refractivity contribution < 1.29 is 0 Å². The molecule has 372 valence electrons. The predicted molar refractivity (Wildman–Crippen MR) is 323 cm³/mol. The van der Waals surface area contributed by atoms with Gasteiger partial charge in [0.25, 0.3) is 0 Å². The molecular formula is C74H61N3. The zero-order valence-electron chi connectivity index (χ0n) is 44.5. The highest BCUT2D eigenvalue weighted by Crippen LogP contribution is 2.57. The van der Waals surface area contributed by atoms with E-state index in [2.05, 4.69) is 304 Å². The molecule has 1 aromatic heterocycles. The Labute approximate surface area is 453 Å². The standard InChI is InChI=1S/C74H61N3/c1-72(2,3)50-33-36-55(37-34-50)76(59-42-44-63-60-27-15-18-30-66(60)73(4,5)69(63)49-59)56-38-40-57(41-39-56)77-70-45-35-52(74(51-21-9-6-10-22-51)67-31-19-16-28-61(67)62-29-17-20-32-68(62)74)47-64(70)65-48-58(43-46-71(65)77)75(53-23-11-7-12-24-53)54-25-13-8-14-26-54/h6-42,44-45,47-49H,43,46H2,1-5H3. The quantitative estimate of drug-likeness (QED) is 0.143. The van der Waals surface area contributed by atoms with Crippen molar-refractivity contribution in [3.05, 3.63) is 305 Å². The van der Waals surface area contributed by atoms with E-state index in [-0.39, 0.29) is 10.8 Å².